The molecule has 35 heteroatoms. The van der Waals surface area contributed by atoms with E-state index in [4.69, 9.17) is 64.6 Å². The van der Waals surface area contributed by atoms with Gasteiger partial charge in [-0.1, -0.05) is 0 Å². The van der Waals surface area contributed by atoms with Crippen LogP contribution in [0.2, 0.25) is 0 Å². The van der Waals surface area contributed by atoms with E-state index in [0.717, 1.165) is 0 Å². The lowest BCUT2D eigenvalue weighted by Gasteiger charge is -2.48. The molecule has 0 aromatic heterocycles. The van der Waals surface area contributed by atoms with Gasteiger partial charge >= 0.3 is 0 Å². The maximum absolute atomic E-state index is 12.1. The third kappa shape index (κ3) is 16.8. The fourth-order valence-corrected chi connectivity index (χ4v) is 10.4. The van der Waals surface area contributed by atoms with Gasteiger partial charge in [0.05, 0.1) is 121 Å². The molecule has 3 amide bonds. The number of carbonyl (C=O) groups is 3. The fourth-order valence-electron chi connectivity index (χ4n) is 10.4. The molecule has 0 bridgehead atoms. The number of nitrogens with one attached hydrogen (secondary N) is 3. The summed E-state index contributed by atoms with van der Waals surface area (Å²) in [4.78, 5) is 35.3. The van der Waals surface area contributed by atoms with Gasteiger partial charge in [0.1, 0.15) is 91.5 Å². The van der Waals surface area contributed by atoms with Crippen LogP contribution in [0.15, 0.2) is 0 Å². The van der Waals surface area contributed by atoms with E-state index in [1.54, 1.807) is 0 Å². The molecule has 81 heavy (non-hydrogen) atoms. The first-order valence-electron chi connectivity index (χ1n) is 26.2. The standard InChI is InChI=1S/C28H49N3O16.C18H35N3O13/c1-11(35)29-21-19(9-44-8-15-17(5-33)47-28(42)23(25(15)39)31-13(3)37)45-16(4-32)14(24(21)38)7-43-10-20-22(30-12(2)36)27(41)26(40)18(6-34)46-20;19-7-12(27)14(5(2-23)30-16(7)29)33-18-9(21)13(28)15(6(3-24)32-18)34-17-8(20)11(26)10(25)4(1-22)31-17/h14-28,32-34,38-42H,4-10H2,1-3H3,(H,29,35)(H,30,36)(H,31,37);4-18,22-29H,1-3,19-21H2/t14-,15-,16?,17?,18?,19+,20+,21?,22?,23?,24?,25?,26?,27?,28?;4-,5-,6-,7?,8-,9?,10-,11-,12?,13-,14?,15?,16?,17+,18+/m11/s1. The van der Waals surface area contributed by atoms with Crippen molar-refractivity contribution in [3.63, 3.8) is 0 Å². The topological polar surface area (TPSA) is 581 Å². The van der Waals surface area contributed by atoms with Crippen LogP contribution in [0.3, 0.4) is 0 Å². The first-order chi connectivity index (χ1) is 38.3. The highest BCUT2D eigenvalue weighted by Crippen LogP contribution is 2.33. The van der Waals surface area contributed by atoms with E-state index in [2.05, 4.69) is 16.0 Å². The van der Waals surface area contributed by atoms with Crippen molar-refractivity contribution in [3.8, 4) is 0 Å². The van der Waals surface area contributed by atoms with Crippen molar-refractivity contribution in [1.82, 2.24) is 16.0 Å². The first kappa shape index (κ1) is 69.0. The lowest BCUT2D eigenvalue weighted by molar-refractivity contribution is -0.348. The molecule has 472 valence electrons. The summed E-state index contributed by atoms with van der Waals surface area (Å²) < 4.78 is 56.0. The molecular weight excluding hydrogens is 1100 g/mol. The minimum Gasteiger partial charge on any atom is -0.394 e. The predicted octanol–water partition coefficient (Wildman–Crippen LogP) is -14.2. The van der Waals surface area contributed by atoms with Crippen molar-refractivity contribution in [2.45, 2.75) is 192 Å². The average Bonchev–Trinajstić information content (AvgIpc) is 3.50. The van der Waals surface area contributed by atoms with Crippen LogP contribution < -0.4 is 33.2 Å². The Morgan fingerprint density at radius 2 is 0.716 bits per heavy atom. The summed E-state index contributed by atoms with van der Waals surface area (Å²) in [5.74, 6) is -3.37. The van der Waals surface area contributed by atoms with E-state index >= 15 is 0 Å². The second-order valence-corrected chi connectivity index (χ2v) is 20.7. The van der Waals surface area contributed by atoms with Crippen LogP contribution in [-0.2, 0) is 61.8 Å². The molecule has 25 N–H and O–H groups in total. The molecule has 17 unspecified atom stereocenters. The second-order valence-electron chi connectivity index (χ2n) is 20.7. The fraction of sp³-hybridized carbons (Fsp3) is 0.935. The van der Waals surface area contributed by atoms with Gasteiger partial charge in [-0.3, -0.25) is 14.4 Å². The van der Waals surface area contributed by atoms with Crippen molar-refractivity contribution >= 4 is 17.7 Å². The third-order valence-electron chi connectivity index (χ3n) is 15.0. The number of aliphatic hydroxyl groups is 16. The smallest absolute Gasteiger partial charge is 0.217 e. The molecular formula is C46H84N6O29. The molecule has 6 heterocycles. The number of ether oxygens (including phenoxy) is 10. The number of rotatable bonds is 21. The lowest BCUT2D eigenvalue weighted by Crippen LogP contribution is -2.69. The van der Waals surface area contributed by atoms with Gasteiger partial charge < -0.3 is 162 Å². The Morgan fingerprint density at radius 3 is 1.19 bits per heavy atom. The molecule has 6 aliphatic heterocycles. The lowest BCUT2D eigenvalue weighted by atomic mass is 9.85. The largest absolute Gasteiger partial charge is 0.394 e. The van der Waals surface area contributed by atoms with Crippen molar-refractivity contribution in [1.29, 1.82) is 0 Å². The van der Waals surface area contributed by atoms with Crippen molar-refractivity contribution in [2.24, 2.45) is 29.0 Å². The Labute approximate surface area is 463 Å². The van der Waals surface area contributed by atoms with Crippen molar-refractivity contribution in [3.05, 3.63) is 0 Å². The molecule has 0 aromatic carbocycles. The summed E-state index contributed by atoms with van der Waals surface area (Å²) in [5.41, 5.74) is 17.6. The van der Waals surface area contributed by atoms with Crippen LogP contribution in [0, 0.1) is 11.8 Å². The highest BCUT2D eigenvalue weighted by Gasteiger charge is 2.54. The van der Waals surface area contributed by atoms with Gasteiger partial charge in [-0.15, -0.1) is 0 Å². The summed E-state index contributed by atoms with van der Waals surface area (Å²) in [6.07, 6.45) is -29.3. The summed E-state index contributed by atoms with van der Waals surface area (Å²) in [5, 5.41) is 170. The molecule has 6 rings (SSSR count). The van der Waals surface area contributed by atoms with E-state index in [-0.39, 0.29) is 26.4 Å². The molecule has 6 aliphatic rings. The van der Waals surface area contributed by atoms with Crippen molar-refractivity contribution < 1.29 is 143 Å². The Kier molecular flexibility index (Phi) is 26.9. The molecule has 0 saturated carbocycles. The minimum absolute atomic E-state index is 0.248. The van der Waals surface area contributed by atoms with Crippen LogP contribution >= 0.6 is 0 Å². The molecule has 6 fully saturated rings. The number of hydrogen-bond donors (Lipinski definition) is 22. The molecule has 6 saturated heterocycles. The Bertz CT molecular complexity index is 1930. The van der Waals surface area contributed by atoms with E-state index in [1.165, 1.54) is 20.8 Å². The van der Waals surface area contributed by atoms with Gasteiger partial charge in [0.25, 0.3) is 0 Å². The number of hydrogen-bond acceptors (Lipinski definition) is 32. The predicted molar refractivity (Wildman–Crippen MR) is 262 cm³/mol. The maximum Gasteiger partial charge on any atom is 0.217 e. The SMILES string of the molecule is CC(=O)NC1C(O)OC(CO)[C@@H](COC[C@@H]2OC(CO)[C@@H](COC[C@@H]3OC(CO)C(O)C(O)C3NC(C)=O)C(O)C2NC(C)=O)C1O.NC1C(O)O[C@H](CO)C(O[C@@H]2O[C@H](CO)C(O[C@@H]3O[C@H](CO)[C@@H](O)[C@H](O)[C@H]3N)[C@H](O)C2N)C1O. The van der Waals surface area contributed by atoms with Gasteiger partial charge in [-0.2, -0.15) is 0 Å². The van der Waals surface area contributed by atoms with Crippen LogP contribution in [-0.4, -0.2) is 337 Å². The highest BCUT2D eigenvalue weighted by molar-refractivity contribution is 5.74. The van der Waals surface area contributed by atoms with E-state index in [9.17, 15) is 96.1 Å². The average molecular weight is 1190 g/mol. The molecule has 30 atom stereocenters. The number of carbonyl (C=O) groups excluding carboxylic acids is 3. The van der Waals surface area contributed by atoms with Gasteiger partial charge in [0.15, 0.2) is 25.2 Å². The zero-order chi connectivity index (χ0) is 60.3. The quantitative estimate of drug-likeness (QED) is 0.0507. The summed E-state index contributed by atoms with van der Waals surface area (Å²) in [7, 11) is 0. The normalized spacial score (nSPS) is 45.7. The van der Waals surface area contributed by atoms with Gasteiger partial charge in [0, 0.05) is 32.6 Å². The van der Waals surface area contributed by atoms with Crippen LogP contribution in [0.4, 0.5) is 0 Å². The van der Waals surface area contributed by atoms with E-state index < -0.39 is 240 Å². The number of nitrogens with two attached hydrogens (primary N) is 3. The van der Waals surface area contributed by atoms with Gasteiger partial charge in [0.2, 0.25) is 17.7 Å². The molecule has 0 aliphatic carbocycles. The van der Waals surface area contributed by atoms with Gasteiger partial charge in [-0.05, 0) is 0 Å². The molecule has 35 nitrogen and oxygen atoms in total. The second kappa shape index (κ2) is 31.6. The zero-order valence-electron chi connectivity index (χ0n) is 44.6. The molecule has 0 radical (unpaired) electrons. The van der Waals surface area contributed by atoms with Crippen molar-refractivity contribution in [2.75, 3.05) is 66.1 Å². The highest BCUT2D eigenvalue weighted by atomic mass is 16.7. The minimum atomic E-state index is -1.58. The molecule has 0 spiro atoms. The van der Waals surface area contributed by atoms with Crippen LogP contribution in [0.5, 0.6) is 0 Å². The Hall–Kier alpha value is -2.75. The Morgan fingerprint density at radius 1 is 0.370 bits per heavy atom. The summed E-state index contributed by atoms with van der Waals surface area (Å²) in [6, 6.07) is -7.22. The summed E-state index contributed by atoms with van der Waals surface area (Å²) >= 11 is 0. The number of amides is 3. The van der Waals surface area contributed by atoms with E-state index in [1.807, 2.05) is 0 Å². The molecule has 0 aromatic rings. The first-order valence-corrected chi connectivity index (χ1v) is 26.2. The van der Waals surface area contributed by atoms with Crippen LogP contribution in [0.1, 0.15) is 20.8 Å². The Balaban J connectivity index is 0.000000313. The zero-order valence-corrected chi connectivity index (χ0v) is 44.6. The van der Waals surface area contributed by atoms with Crippen LogP contribution in [0.25, 0.3) is 0 Å². The number of aliphatic hydroxyl groups excluding tert-OH is 16. The monoisotopic (exact) mass is 1180 g/mol. The third-order valence-corrected chi connectivity index (χ3v) is 15.0. The van der Waals surface area contributed by atoms with E-state index in [0.29, 0.717) is 0 Å². The summed E-state index contributed by atoms with van der Waals surface area (Å²) in [6.45, 7) is -1.16. The van der Waals surface area contributed by atoms with Gasteiger partial charge in [-0.25, -0.2) is 0 Å². The maximum atomic E-state index is 12.1.